The van der Waals surface area contributed by atoms with Gasteiger partial charge in [0.05, 0.1) is 12.1 Å². The molecule has 1 aromatic rings. The van der Waals surface area contributed by atoms with Crippen molar-refractivity contribution in [2.75, 3.05) is 17.7 Å². The highest BCUT2D eigenvalue weighted by Gasteiger charge is 2.21. The Hall–Kier alpha value is -0.880. The van der Waals surface area contributed by atoms with Gasteiger partial charge < -0.3 is 16.2 Å². The van der Waals surface area contributed by atoms with Crippen LogP contribution in [0.1, 0.15) is 20.3 Å². The molecule has 0 aliphatic rings. The van der Waals surface area contributed by atoms with Gasteiger partial charge in [-0.25, -0.2) is 4.98 Å². The first-order valence-electron chi connectivity index (χ1n) is 4.68. The molecule has 0 fully saturated rings. The van der Waals surface area contributed by atoms with E-state index in [1.807, 2.05) is 13.8 Å². The minimum absolute atomic E-state index is 0.0132. The van der Waals surface area contributed by atoms with Gasteiger partial charge in [-0.2, -0.15) is 4.98 Å². The molecule has 5 nitrogen and oxygen atoms in total. The van der Waals surface area contributed by atoms with Crippen molar-refractivity contribution < 1.29 is 5.11 Å². The SMILES string of the molecule is CCC(C)(CO)Nc1nc(N)cc(Br)n1. The standard InChI is InChI=1S/C9H15BrN4O/c1-3-9(2,5-15)14-8-12-6(10)4-7(11)13-8/h4,15H,3,5H2,1-2H3,(H3,11,12,13,14). The van der Waals surface area contributed by atoms with Crippen LogP contribution in [0.5, 0.6) is 0 Å². The molecular weight excluding hydrogens is 260 g/mol. The average Bonchev–Trinajstić information content (AvgIpc) is 2.16. The fourth-order valence-electron chi connectivity index (χ4n) is 1.00. The molecule has 84 valence electrons. The van der Waals surface area contributed by atoms with Gasteiger partial charge in [0.15, 0.2) is 0 Å². The Labute approximate surface area is 97.2 Å². The lowest BCUT2D eigenvalue weighted by Crippen LogP contribution is -2.38. The minimum atomic E-state index is -0.423. The number of anilines is 2. The Kier molecular flexibility index (Phi) is 3.87. The molecule has 15 heavy (non-hydrogen) atoms. The highest BCUT2D eigenvalue weighted by molar-refractivity contribution is 9.10. The van der Waals surface area contributed by atoms with Crippen molar-refractivity contribution in [2.24, 2.45) is 0 Å². The van der Waals surface area contributed by atoms with Crippen molar-refractivity contribution >= 4 is 27.7 Å². The number of rotatable bonds is 4. The lowest BCUT2D eigenvalue weighted by molar-refractivity contribution is 0.218. The average molecular weight is 275 g/mol. The van der Waals surface area contributed by atoms with E-state index in [0.717, 1.165) is 6.42 Å². The van der Waals surface area contributed by atoms with Gasteiger partial charge >= 0.3 is 0 Å². The van der Waals surface area contributed by atoms with Gasteiger partial charge in [-0.15, -0.1) is 0 Å². The van der Waals surface area contributed by atoms with Crippen LogP contribution in [-0.2, 0) is 0 Å². The Balaban J connectivity index is 2.88. The normalized spacial score (nSPS) is 14.7. The molecule has 1 heterocycles. The molecule has 1 aromatic heterocycles. The summed E-state index contributed by atoms with van der Waals surface area (Å²) >= 11 is 3.23. The number of hydrogen-bond acceptors (Lipinski definition) is 5. The minimum Gasteiger partial charge on any atom is -0.394 e. The molecule has 1 unspecified atom stereocenters. The van der Waals surface area contributed by atoms with Crippen molar-refractivity contribution in [3.05, 3.63) is 10.7 Å². The molecule has 6 heteroatoms. The molecule has 0 saturated heterocycles. The van der Waals surface area contributed by atoms with E-state index in [9.17, 15) is 5.11 Å². The monoisotopic (exact) mass is 274 g/mol. The summed E-state index contributed by atoms with van der Waals surface area (Å²) in [4.78, 5) is 8.15. The molecular formula is C9H15BrN4O. The lowest BCUT2D eigenvalue weighted by Gasteiger charge is -2.27. The zero-order chi connectivity index (χ0) is 11.5. The number of nitrogens with zero attached hydrogens (tertiary/aromatic N) is 2. The van der Waals surface area contributed by atoms with Crippen LogP contribution in [0.2, 0.25) is 0 Å². The van der Waals surface area contributed by atoms with Gasteiger partial charge in [0, 0.05) is 6.07 Å². The molecule has 1 atom stereocenters. The number of halogens is 1. The Bertz CT molecular complexity index is 321. The van der Waals surface area contributed by atoms with Crippen LogP contribution in [0.15, 0.2) is 10.7 Å². The van der Waals surface area contributed by atoms with Crippen LogP contribution in [0.3, 0.4) is 0 Å². The largest absolute Gasteiger partial charge is 0.394 e. The zero-order valence-electron chi connectivity index (χ0n) is 8.79. The van der Waals surface area contributed by atoms with E-state index in [-0.39, 0.29) is 6.61 Å². The number of nitrogens with one attached hydrogen (secondary N) is 1. The Morgan fingerprint density at radius 2 is 2.27 bits per heavy atom. The highest BCUT2D eigenvalue weighted by Crippen LogP contribution is 2.18. The lowest BCUT2D eigenvalue weighted by atomic mass is 10.0. The summed E-state index contributed by atoms with van der Waals surface area (Å²) in [7, 11) is 0. The van der Waals surface area contributed by atoms with Crippen molar-refractivity contribution in [1.82, 2.24) is 9.97 Å². The molecule has 4 N–H and O–H groups in total. The van der Waals surface area contributed by atoms with Gasteiger partial charge in [-0.05, 0) is 29.3 Å². The summed E-state index contributed by atoms with van der Waals surface area (Å²) in [6.07, 6.45) is 0.763. The first-order valence-corrected chi connectivity index (χ1v) is 5.47. The molecule has 0 aliphatic carbocycles. The molecule has 0 amide bonds. The summed E-state index contributed by atoms with van der Waals surface area (Å²) in [6.45, 7) is 3.89. The molecule has 0 bridgehead atoms. The van der Waals surface area contributed by atoms with Crippen LogP contribution in [0.4, 0.5) is 11.8 Å². The smallest absolute Gasteiger partial charge is 0.226 e. The third kappa shape index (κ3) is 3.32. The molecule has 0 saturated carbocycles. The van der Waals surface area contributed by atoms with E-state index in [1.54, 1.807) is 6.07 Å². The third-order valence-corrected chi connectivity index (χ3v) is 2.66. The fourth-order valence-corrected chi connectivity index (χ4v) is 1.40. The summed E-state index contributed by atoms with van der Waals surface area (Å²) in [5.41, 5.74) is 5.15. The van der Waals surface area contributed by atoms with Crippen molar-refractivity contribution in [2.45, 2.75) is 25.8 Å². The van der Waals surface area contributed by atoms with Crippen LogP contribution >= 0.6 is 15.9 Å². The topological polar surface area (TPSA) is 84.1 Å². The summed E-state index contributed by atoms with van der Waals surface area (Å²) in [5, 5.41) is 12.3. The van der Waals surface area contributed by atoms with E-state index >= 15 is 0 Å². The number of nitrogen functional groups attached to an aromatic ring is 1. The molecule has 0 spiro atoms. The maximum Gasteiger partial charge on any atom is 0.226 e. The number of hydrogen-bond donors (Lipinski definition) is 3. The van der Waals surface area contributed by atoms with Gasteiger partial charge in [-0.1, -0.05) is 6.92 Å². The molecule has 1 rings (SSSR count). The second-order valence-electron chi connectivity index (χ2n) is 3.64. The van der Waals surface area contributed by atoms with Crippen LogP contribution < -0.4 is 11.1 Å². The first-order chi connectivity index (χ1) is 6.99. The van der Waals surface area contributed by atoms with Crippen molar-refractivity contribution in [3.8, 4) is 0 Å². The van der Waals surface area contributed by atoms with E-state index in [1.165, 1.54) is 0 Å². The second kappa shape index (κ2) is 4.76. The van der Waals surface area contributed by atoms with E-state index in [2.05, 4.69) is 31.2 Å². The first kappa shape index (κ1) is 12.2. The van der Waals surface area contributed by atoms with E-state index < -0.39 is 5.54 Å². The van der Waals surface area contributed by atoms with Crippen molar-refractivity contribution in [3.63, 3.8) is 0 Å². The van der Waals surface area contributed by atoms with Gasteiger partial charge in [0.25, 0.3) is 0 Å². The number of aromatic nitrogens is 2. The predicted octanol–water partition coefficient (Wildman–Crippen LogP) is 1.39. The highest BCUT2D eigenvalue weighted by atomic mass is 79.9. The molecule has 0 radical (unpaired) electrons. The maximum atomic E-state index is 9.22. The molecule has 0 aliphatic heterocycles. The van der Waals surface area contributed by atoms with E-state index in [0.29, 0.717) is 16.4 Å². The number of aliphatic hydroxyl groups excluding tert-OH is 1. The number of nitrogens with two attached hydrogens (primary N) is 1. The van der Waals surface area contributed by atoms with E-state index in [4.69, 9.17) is 5.73 Å². The summed E-state index contributed by atoms with van der Waals surface area (Å²) in [5.74, 6) is 0.802. The van der Waals surface area contributed by atoms with Crippen LogP contribution in [0.25, 0.3) is 0 Å². The number of aliphatic hydroxyl groups is 1. The predicted molar refractivity (Wildman–Crippen MR) is 63.5 cm³/mol. The Morgan fingerprint density at radius 1 is 1.60 bits per heavy atom. The molecule has 0 aromatic carbocycles. The van der Waals surface area contributed by atoms with Gasteiger partial charge in [0.1, 0.15) is 10.4 Å². The summed E-state index contributed by atoms with van der Waals surface area (Å²) in [6, 6.07) is 1.62. The maximum absolute atomic E-state index is 9.22. The summed E-state index contributed by atoms with van der Waals surface area (Å²) < 4.78 is 0.619. The Morgan fingerprint density at radius 3 is 2.73 bits per heavy atom. The van der Waals surface area contributed by atoms with Crippen LogP contribution in [0, 0.1) is 0 Å². The van der Waals surface area contributed by atoms with Crippen molar-refractivity contribution in [1.29, 1.82) is 0 Å². The van der Waals surface area contributed by atoms with Gasteiger partial charge in [0.2, 0.25) is 5.95 Å². The second-order valence-corrected chi connectivity index (χ2v) is 4.45. The third-order valence-electron chi connectivity index (χ3n) is 2.26. The quantitative estimate of drug-likeness (QED) is 0.723. The van der Waals surface area contributed by atoms with Crippen LogP contribution in [-0.4, -0.2) is 27.2 Å². The zero-order valence-corrected chi connectivity index (χ0v) is 10.4. The van der Waals surface area contributed by atoms with Gasteiger partial charge in [-0.3, -0.25) is 0 Å². The fraction of sp³-hybridized carbons (Fsp3) is 0.556.